The van der Waals surface area contributed by atoms with Crippen LogP contribution in [0, 0.1) is 11.8 Å². The summed E-state index contributed by atoms with van der Waals surface area (Å²) in [7, 11) is 19.3. The molecule has 3 heterocycles. The van der Waals surface area contributed by atoms with Crippen molar-refractivity contribution >= 4 is 21.5 Å². The molecular formula is C29H36B2N6O2. The van der Waals surface area contributed by atoms with Crippen molar-refractivity contribution in [1.82, 2.24) is 24.6 Å². The van der Waals surface area contributed by atoms with Gasteiger partial charge in [-0.15, -0.1) is 0 Å². The third-order valence-electron chi connectivity index (χ3n) is 6.69. The molecule has 2 aromatic heterocycles. The van der Waals surface area contributed by atoms with E-state index < -0.39 is 11.0 Å². The number of rotatable bonds is 7. The summed E-state index contributed by atoms with van der Waals surface area (Å²) in [5.74, 6) is 6.25. The second kappa shape index (κ2) is 11.5. The van der Waals surface area contributed by atoms with Crippen LogP contribution >= 0.6 is 0 Å². The molecule has 4 rings (SSSR count). The Morgan fingerprint density at radius 3 is 2.54 bits per heavy atom. The van der Waals surface area contributed by atoms with Gasteiger partial charge in [-0.25, -0.2) is 4.98 Å². The van der Waals surface area contributed by atoms with Crippen LogP contribution < -0.4 is 10.5 Å². The van der Waals surface area contributed by atoms with Gasteiger partial charge in [0.05, 0.1) is 17.6 Å². The van der Waals surface area contributed by atoms with Gasteiger partial charge in [0, 0.05) is 35.6 Å². The quantitative estimate of drug-likeness (QED) is 0.364. The third-order valence-corrected chi connectivity index (χ3v) is 6.69. The molecular weight excluding hydrogens is 486 g/mol. The lowest BCUT2D eigenvalue weighted by Crippen LogP contribution is -2.36. The summed E-state index contributed by atoms with van der Waals surface area (Å²) in [4.78, 5) is 8.69. The average molecular weight is 522 g/mol. The van der Waals surface area contributed by atoms with Gasteiger partial charge < -0.3 is 25.4 Å². The van der Waals surface area contributed by atoms with Crippen molar-refractivity contribution in [3.8, 4) is 28.7 Å². The topological polar surface area (TPSA) is 92.7 Å². The number of anilines is 1. The molecule has 0 aliphatic carbocycles. The van der Waals surface area contributed by atoms with Crippen molar-refractivity contribution in [1.29, 1.82) is 0 Å². The van der Waals surface area contributed by atoms with Crippen LogP contribution in [0.5, 0.6) is 5.75 Å². The van der Waals surface area contributed by atoms with Crippen molar-refractivity contribution in [2.24, 2.45) is 0 Å². The van der Waals surface area contributed by atoms with Gasteiger partial charge in [0.2, 0.25) is 0 Å². The minimum Gasteiger partial charge on any atom is -0.499 e. The number of likely N-dealkylation sites (tertiary alicyclic amines) is 1. The number of piperidine rings is 1. The normalized spacial score (nSPS) is 15.3. The molecule has 0 bridgehead atoms. The molecule has 10 heteroatoms. The Morgan fingerprint density at radius 1 is 1.15 bits per heavy atom. The predicted octanol–water partition coefficient (Wildman–Crippen LogP) is 2.50. The predicted molar refractivity (Wildman–Crippen MR) is 156 cm³/mol. The molecule has 4 radical (unpaired) electrons. The molecule has 8 nitrogen and oxygen atoms in total. The van der Waals surface area contributed by atoms with Crippen molar-refractivity contribution in [3.63, 3.8) is 0 Å². The molecule has 0 spiro atoms. The van der Waals surface area contributed by atoms with E-state index in [0.29, 0.717) is 23.7 Å². The number of aliphatic hydroxyl groups is 1. The lowest BCUT2D eigenvalue weighted by molar-refractivity contribution is 0.143. The zero-order valence-corrected chi connectivity index (χ0v) is 23.5. The number of hydrogen-bond donors (Lipinski definition) is 2. The van der Waals surface area contributed by atoms with Gasteiger partial charge in [0.15, 0.2) is 11.6 Å². The molecule has 1 saturated heterocycles. The number of nitrogens with zero attached hydrogens (tertiary/aromatic N) is 5. The SMILES string of the molecule is [B]C([B])(Oc1cc(-c2cnn(C3CCN(C)CC3)c2)cnc1N)c1cc(C#CC(C)(C)O)ccc1CN(C)C. The van der Waals surface area contributed by atoms with Crippen molar-refractivity contribution in [2.45, 2.75) is 50.3 Å². The molecule has 1 fully saturated rings. The maximum atomic E-state index is 10.0. The Labute approximate surface area is 234 Å². The summed E-state index contributed by atoms with van der Waals surface area (Å²) in [6, 6.07) is 7.73. The molecule has 0 unspecified atom stereocenters. The second-order valence-corrected chi connectivity index (χ2v) is 11.2. The number of benzene rings is 1. The molecule has 200 valence electrons. The number of ether oxygens (including phenoxy) is 1. The summed E-state index contributed by atoms with van der Waals surface area (Å²) in [5.41, 5.74) is 8.85. The Hall–Kier alpha value is -3.25. The first-order valence-corrected chi connectivity index (χ1v) is 13.1. The molecule has 0 saturated carbocycles. The maximum Gasteiger partial charge on any atom is 0.166 e. The van der Waals surface area contributed by atoms with Crippen LogP contribution in [0.2, 0.25) is 0 Å². The highest BCUT2D eigenvalue weighted by Crippen LogP contribution is 2.33. The molecule has 1 aromatic carbocycles. The van der Waals surface area contributed by atoms with Crippen LogP contribution in [0.3, 0.4) is 0 Å². The molecule has 1 aliphatic heterocycles. The van der Waals surface area contributed by atoms with Crippen LogP contribution in [0.15, 0.2) is 42.9 Å². The summed E-state index contributed by atoms with van der Waals surface area (Å²) < 4.78 is 8.19. The van der Waals surface area contributed by atoms with Gasteiger partial charge >= 0.3 is 0 Å². The molecule has 1 aliphatic rings. The monoisotopic (exact) mass is 522 g/mol. The molecule has 0 amide bonds. The fourth-order valence-corrected chi connectivity index (χ4v) is 4.60. The summed E-state index contributed by atoms with van der Waals surface area (Å²) in [6.07, 6.45) is 7.67. The molecule has 0 atom stereocenters. The van der Waals surface area contributed by atoms with Gasteiger partial charge in [-0.3, -0.25) is 4.68 Å². The van der Waals surface area contributed by atoms with Crippen LogP contribution in [0.4, 0.5) is 5.82 Å². The number of aromatic nitrogens is 3. The van der Waals surface area contributed by atoms with E-state index in [9.17, 15) is 5.11 Å². The van der Waals surface area contributed by atoms with Crippen LogP contribution in [-0.2, 0) is 11.9 Å². The van der Waals surface area contributed by atoms with E-state index in [-0.39, 0.29) is 11.6 Å². The van der Waals surface area contributed by atoms with E-state index in [1.165, 1.54) is 0 Å². The third kappa shape index (κ3) is 7.45. The zero-order valence-electron chi connectivity index (χ0n) is 23.5. The number of pyridine rings is 1. The Kier molecular flexibility index (Phi) is 8.45. The fourth-order valence-electron chi connectivity index (χ4n) is 4.60. The first-order chi connectivity index (χ1) is 18.3. The lowest BCUT2D eigenvalue weighted by atomic mass is 9.60. The van der Waals surface area contributed by atoms with Gasteiger partial charge in [0.1, 0.15) is 21.3 Å². The molecule has 3 N–H and O–H groups in total. The fraction of sp³-hybridized carbons (Fsp3) is 0.448. The van der Waals surface area contributed by atoms with E-state index in [2.05, 4.69) is 33.9 Å². The summed E-state index contributed by atoms with van der Waals surface area (Å²) in [5, 5.41) is 12.9. The highest BCUT2D eigenvalue weighted by atomic mass is 16.5. The summed E-state index contributed by atoms with van der Waals surface area (Å²) >= 11 is 0. The highest BCUT2D eigenvalue weighted by molar-refractivity contribution is 6.39. The highest BCUT2D eigenvalue weighted by Gasteiger charge is 2.27. The minimum atomic E-state index is -1.73. The van der Waals surface area contributed by atoms with E-state index in [1.54, 1.807) is 32.2 Å². The number of hydrogen-bond acceptors (Lipinski definition) is 7. The summed E-state index contributed by atoms with van der Waals surface area (Å²) in [6.45, 7) is 5.94. The van der Waals surface area contributed by atoms with E-state index in [0.717, 1.165) is 42.6 Å². The maximum absolute atomic E-state index is 10.0. The van der Waals surface area contributed by atoms with E-state index in [4.69, 9.17) is 26.2 Å². The van der Waals surface area contributed by atoms with Crippen molar-refractivity contribution in [3.05, 3.63) is 59.5 Å². The standard InChI is InChI=1S/C29H36B2N6O2/c1-28(2,38)11-8-20-6-7-21(18-35(3)4)25(14-20)29(30,31)39-26-15-22(16-33-27(26)32)23-17-34-37(19-23)24-9-12-36(5)13-10-24/h6-7,14-17,19,24,38H,9-10,12-13,18H2,1-5H3,(H2,32,33). The van der Waals surface area contributed by atoms with Crippen molar-refractivity contribution < 1.29 is 9.84 Å². The first kappa shape index (κ1) is 28.8. The smallest absolute Gasteiger partial charge is 0.166 e. The largest absolute Gasteiger partial charge is 0.499 e. The van der Waals surface area contributed by atoms with Gasteiger partial charge in [-0.05, 0) is 90.2 Å². The lowest BCUT2D eigenvalue weighted by Gasteiger charge is -2.32. The van der Waals surface area contributed by atoms with Gasteiger partial charge in [-0.1, -0.05) is 17.9 Å². The van der Waals surface area contributed by atoms with Gasteiger partial charge in [-0.2, -0.15) is 5.10 Å². The Morgan fingerprint density at radius 2 is 1.87 bits per heavy atom. The van der Waals surface area contributed by atoms with Crippen molar-refractivity contribution in [2.75, 3.05) is 40.0 Å². The molecule has 3 aromatic rings. The first-order valence-electron chi connectivity index (χ1n) is 13.1. The minimum absolute atomic E-state index is 0.175. The average Bonchev–Trinajstić information content (AvgIpc) is 3.34. The zero-order chi connectivity index (χ0) is 28.4. The molecule has 39 heavy (non-hydrogen) atoms. The van der Waals surface area contributed by atoms with Crippen LogP contribution in [-0.4, -0.2) is 85.2 Å². The second-order valence-electron chi connectivity index (χ2n) is 11.2. The van der Waals surface area contributed by atoms with E-state index in [1.807, 2.05) is 48.2 Å². The number of nitrogen functional groups attached to an aromatic ring is 1. The van der Waals surface area contributed by atoms with Crippen LogP contribution in [0.1, 0.15) is 49.4 Å². The van der Waals surface area contributed by atoms with E-state index >= 15 is 0 Å². The Balaban J connectivity index is 1.63. The Bertz CT molecular complexity index is 1360. The van der Waals surface area contributed by atoms with Gasteiger partial charge in [0.25, 0.3) is 0 Å². The number of nitrogens with two attached hydrogens (primary N) is 1. The van der Waals surface area contributed by atoms with Crippen LogP contribution in [0.25, 0.3) is 11.1 Å².